The zero-order valence-corrected chi connectivity index (χ0v) is 14.3. The van der Waals surface area contributed by atoms with Crippen molar-refractivity contribution in [3.8, 4) is 11.8 Å². The van der Waals surface area contributed by atoms with Gasteiger partial charge in [0, 0.05) is 17.6 Å². The van der Waals surface area contributed by atoms with E-state index in [1.54, 1.807) is 30.5 Å². The molecule has 1 aromatic heterocycles. The summed E-state index contributed by atoms with van der Waals surface area (Å²) in [7, 11) is 0. The minimum Gasteiger partial charge on any atom is -0.424 e. The number of benzene rings is 1. The van der Waals surface area contributed by atoms with Gasteiger partial charge in [-0.2, -0.15) is 0 Å². The molecule has 128 valence electrons. The molecule has 0 bridgehead atoms. The van der Waals surface area contributed by atoms with Gasteiger partial charge in [0.1, 0.15) is 5.75 Å². The fourth-order valence-electron chi connectivity index (χ4n) is 2.10. The molecule has 7 heteroatoms. The molecule has 2 N–H and O–H groups in total. The van der Waals surface area contributed by atoms with E-state index in [-0.39, 0.29) is 18.3 Å². The number of carbonyl (C=O) groups excluding carboxylic acids is 1. The zero-order valence-electron chi connectivity index (χ0n) is 13.5. The monoisotopic (exact) mass is 348 g/mol. The van der Waals surface area contributed by atoms with Crippen molar-refractivity contribution in [1.29, 1.82) is 0 Å². The Balaban J connectivity index is 0.00000208. The van der Waals surface area contributed by atoms with E-state index in [1.807, 2.05) is 13.0 Å². The number of hydrogen-bond donors (Lipinski definition) is 2. The Morgan fingerprint density at radius 1 is 1.25 bits per heavy atom. The van der Waals surface area contributed by atoms with Crippen molar-refractivity contribution in [2.75, 3.05) is 18.4 Å². The predicted molar refractivity (Wildman–Crippen MR) is 94.8 cm³/mol. The van der Waals surface area contributed by atoms with Crippen LogP contribution in [0.4, 0.5) is 5.69 Å². The first-order chi connectivity index (χ1) is 11.2. The number of rotatable bonds is 7. The quantitative estimate of drug-likeness (QED) is 0.804. The van der Waals surface area contributed by atoms with Crippen LogP contribution < -0.4 is 15.4 Å². The molecule has 6 nitrogen and oxygen atoms in total. The van der Waals surface area contributed by atoms with E-state index in [0.717, 1.165) is 23.8 Å². The Morgan fingerprint density at radius 2 is 2.00 bits per heavy atom. The molecule has 0 atom stereocenters. The van der Waals surface area contributed by atoms with Gasteiger partial charge in [0.25, 0.3) is 0 Å². The van der Waals surface area contributed by atoms with Crippen LogP contribution in [0.2, 0.25) is 0 Å². The topological polar surface area (TPSA) is 76.1 Å². The molecular weight excluding hydrogens is 328 g/mol. The Hall–Kier alpha value is -2.18. The Labute approximate surface area is 147 Å². The molecule has 3 rings (SSSR count). The Morgan fingerprint density at radius 3 is 2.67 bits per heavy atom. The third kappa shape index (κ3) is 5.79. The number of anilines is 1. The van der Waals surface area contributed by atoms with Crippen LogP contribution in [0.1, 0.15) is 18.5 Å². The van der Waals surface area contributed by atoms with Crippen LogP contribution in [-0.4, -0.2) is 29.0 Å². The second kappa shape index (κ2) is 8.61. The lowest BCUT2D eigenvalue weighted by molar-refractivity contribution is -0.115. The maximum atomic E-state index is 11.8. The molecule has 0 aliphatic heterocycles. The predicted octanol–water partition coefficient (Wildman–Crippen LogP) is 2.94. The van der Waals surface area contributed by atoms with E-state index >= 15 is 0 Å². The minimum atomic E-state index is -0.0404. The lowest BCUT2D eigenvalue weighted by Crippen LogP contribution is -2.29. The van der Waals surface area contributed by atoms with Crippen molar-refractivity contribution in [2.24, 2.45) is 5.92 Å². The van der Waals surface area contributed by atoms with Gasteiger partial charge in [0.2, 0.25) is 5.91 Å². The zero-order chi connectivity index (χ0) is 16.1. The second-order valence-electron chi connectivity index (χ2n) is 5.73. The number of halogens is 1. The normalized spacial score (nSPS) is 13.0. The van der Waals surface area contributed by atoms with Crippen LogP contribution in [0, 0.1) is 12.8 Å². The van der Waals surface area contributed by atoms with E-state index in [1.165, 1.54) is 12.8 Å². The summed E-state index contributed by atoms with van der Waals surface area (Å²) in [5, 5.41) is 6.01. The van der Waals surface area contributed by atoms with Crippen LogP contribution in [0.25, 0.3) is 0 Å². The van der Waals surface area contributed by atoms with Gasteiger partial charge >= 0.3 is 6.01 Å². The van der Waals surface area contributed by atoms with E-state index < -0.39 is 0 Å². The van der Waals surface area contributed by atoms with Gasteiger partial charge < -0.3 is 15.4 Å². The molecule has 1 saturated carbocycles. The molecule has 1 amide bonds. The molecule has 1 heterocycles. The lowest BCUT2D eigenvalue weighted by atomic mass is 10.3. The number of nitrogens with one attached hydrogen (secondary N) is 2. The highest BCUT2D eigenvalue weighted by Crippen LogP contribution is 2.27. The SMILES string of the molecule is Cc1ccnc(Oc2ccc(NC(=O)CNCC3CC3)cc2)n1.Cl. The lowest BCUT2D eigenvalue weighted by Gasteiger charge is -2.08. The van der Waals surface area contributed by atoms with Gasteiger partial charge in [-0.1, -0.05) is 0 Å². The third-order valence-corrected chi connectivity index (χ3v) is 3.54. The van der Waals surface area contributed by atoms with Crippen LogP contribution in [0.15, 0.2) is 36.5 Å². The number of amides is 1. The molecule has 0 saturated heterocycles. The van der Waals surface area contributed by atoms with Crippen LogP contribution in [0.5, 0.6) is 11.8 Å². The molecule has 2 aromatic rings. The van der Waals surface area contributed by atoms with Gasteiger partial charge in [0.05, 0.1) is 6.54 Å². The van der Waals surface area contributed by atoms with Crippen molar-refractivity contribution in [3.05, 3.63) is 42.2 Å². The minimum absolute atomic E-state index is 0. The van der Waals surface area contributed by atoms with Crippen molar-refractivity contribution < 1.29 is 9.53 Å². The molecule has 0 unspecified atom stereocenters. The molecular formula is C17H21ClN4O2. The fourth-order valence-corrected chi connectivity index (χ4v) is 2.10. The van der Waals surface area contributed by atoms with E-state index in [0.29, 0.717) is 18.3 Å². The number of aryl methyl sites for hydroxylation is 1. The van der Waals surface area contributed by atoms with Crippen molar-refractivity contribution >= 4 is 24.0 Å². The maximum Gasteiger partial charge on any atom is 0.322 e. The summed E-state index contributed by atoms with van der Waals surface area (Å²) < 4.78 is 5.57. The molecule has 1 aliphatic carbocycles. The highest BCUT2D eigenvalue weighted by atomic mass is 35.5. The molecule has 24 heavy (non-hydrogen) atoms. The van der Waals surface area contributed by atoms with Gasteiger partial charge in [-0.05, 0) is 62.6 Å². The molecule has 1 fully saturated rings. The largest absolute Gasteiger partial charge is 0.424 e. The summed E-state index contributed by atoms with van der Waals surface area (Å²) in [5.41, 5.74) is 1.58. The summed E-state index contributed by atoms with van der Waals surface area (Å²) in [6.07, 6.45) is 4.21. The van der Waals surface area contributed by atoms with E-state index in [9.17, 15) is 4.79 Å². The fraction of sp³-hybridized carbons (Fsp3) is 0.353. The van der Waals surface area contributed by atoms with E-state index in [4.69, 9.17) is 4.74 Å². The highest BCUT2D eigenvalue weighted by molar-refractivity contribution is 5.92. The first-order valence-electron chi connectivity index (χ1n) is 7.77. The van der Waals surface area contributed by atoms with E-state index in [2.05, 4.69) is 20.6 Å². The number of carbonyl (C=O) groups is 1. The maximum absolute atomic E-state index is 11.8. The summed E-state index contributed by atoms with van der Waals surface area (Å²) in [4.78, 5) is 20.0. The molecule has 0 radical (unpaired) electrons. The standard InChI is InChI=1S/C17H20N4O2.ClH/c1-12-8-9-19-17(20-12)23-15-6-4-14(5-7-15)21-16(22)11-18-10-13-2-3-13;/h4-9,13,18H,2-3,10-11H2,1H3,(H,21,22);1H. The number of ether oxygens (including phenoxy) is 1. The molecule has 1 aromatic carbocycles. The third-order valence-electron chi connectivity index (χ3n) is 3.54. The highest BCUT2D eigenvalue weighted by Gasteiger charge is 2.20. The number of aromatic nitrogens is 2. The van der Waals surface area contributed by atoms with Crippen LogP contribution in [-0.2, 0) is 4.79 Å². The van der Waals surface area contributed by atoms with Crippen LogP contribution in [0.3, 0.4) is 0 Å². The smallest absolute Gasteiger partial charge is 0.322 e. The van der Waals surface area contributed by atoms with Gasteiger partial charge in [0.15, 0.2) is 0 Å². The van der Waals surface area contributed by atoms with Gasteiger partial charge in [-0.25, -0.2) is 9.97 Å². The van der Waals surface area contributed by atoms with Crippen molar-refractivity contribution in [1.82, 2.24) is 15.3 Å². The molecule has 0 spiro atoms. The summed E-state index contributed by atoms with van der Waals surface area (Å²) >= 11 is 0. The number of nitrogens with zero attached hydrogens (tertiary/aromatic N) is 2. The second-order valence-corrected chi connectivity index (χ2v) is 5.73. The number of hydrogen-bond acceptors (Lipinski definition) is 5. The summed E-state index contributed by atoms with van der Waals surface area (Å²) in [6, 6.07) is 9.26. The average Bonchev–Trinajstić information content (AvgIpc) is 3.34. The Bertz CT molecular complexity index is 675. The van der Waals surface area contributed by atoms with Gasteiger partial charge in [-0.15, -0.1) is 12.4 Å². The first-order valence-corrected chi connectivity index (χ1v) is 7.77. The first kappa shape index (κ1) is 18.2. The molecule has 1 aliphatic rings. The van der Waals surface area contributed by atoms with Gasteiger partial charge in [-0.3, -0.25) is 4.79 Å². The van der Waals surface area contributed by atoms with Crippen molar-refractivity contribution in [3.63, 3.8) is 0 Å². The van der Waals surface area contributed by atoms with Crippen LogP contribution >= 0.6 is 12.4 Å². The average molecular weight is 349 g/mol. The Kier molecular flexibility index (Phi) is 6.52. The van der Waals surface area contributed by atoms with Crippen molar-refractivity contribution in [2.45, 2.75) is 19.8 Å². The summed E-state index contributed by atoms with van der Waals surface area (Å²) in [5.74, 6) is 1.35. The summed E-state index contributed by atoms with van der Waals surface area (Å²) in [6.45, 7) is 3.15.